The topological polar surface area (TPSA) is 57.6 Å². The molecule has 5 heteroatoms. The number of hydrogen-bond acceptors (Lipinski definition) is 4. The highest BCUT2D eigenvalue weighted by molar-refractivity contribution is 7.10. The summed E-state index contributed by atoms with van der Waals surface area (Å²) < 4.78 is 0. The van der Waals surface area contributed by atoms with Gasteiger partial charge in [0.05, 0.1) is 11.6 Å². The molecule has 2 aromatic rings. The first kappa shape index (κ1) is 20.3. The number of likely N-dealkylation sites (tertiary alicyclic amines) is 1. The third-order valence-electron chi connectivity index (χ3n) is 5.33. The largest absolute Gasteiger partial charge is 0.507 e. The van der Waals surface area contributed by atoms with Crippen LogP contribution in [0.3, 0.4) is 0 Å². The van der Waals surface area contributed by atoms with Gasteiger partial charge in [-0.2, -0.15) is 0 Å². The van der Waals surface area contributed by atoms with E-state index in [1.807, 2.05) is 42.6 Å². The van der Waals surface area contributed by atoms with Crippen LogP contribution in [0.5, 0.6) is 0 Å². The first-order chi connectivity index (χ1) is 13.5. The Labute approximate surface area is 170 Å². The van der Waals surface area contributed by atoms with Crippen molar-refractivity contribution in [2.24, 2.45) is 0 Å². The molecule has 1 atom stereocenters. The lowest BCUT2D eigenvalue weighted by Gasteiger charge is -2.24. The van der Waals surface area contributed by atoms with Crippen molar-refractivity contribution in [3.63, 3.8) is 0 Å². The van der Waals surface area contributed by atoms with E-state index in [2.05, 4.69) is 13.8 Å². The summed E-state index contributed by atoms with van der Waals surface area (Å²) in [7, 11) is 0. The van der Waals surface area contributed by atoms with Gasteiger partial charge in [0.25, 0.3) is 11.7 Å². The lowest BCUT2D eigenvalue weighted by Crippen LogP contribution is -2.30. The van der Waals surface area contributed by atoms with Crippen LogP contribution in [0.1, 0.15) is 60.7 Å². The molecule has 1 aliphatic heterocycles. The summed E-state index contributed by atoms with van der Waals surface area (Å²) in [5.41, 5.74) is 2.96. The number of thiophene rings is 1. The number of unbranched alkanes of at least 4 members (excludes halogenated alkanes) is 2. The second kappa shape index (κ2) is 8.74. The van der Waals surface area contributed by atoms with Crippen molar-refractivity contribution in [1.82, 2.24) is 4.90 Å². The Morgan fingerprint density at radius 3 is 2.39 bits per heavy atom. The van der Waals surface area contributed by atoms with E-state index in [-0.39, 0.29) is 11.3 Å². The quantitative estimate of drug-likeness (QED) is 0.301. The summed E-state index contributed by atoms with van der Waals surface area (Å²) in [6.07, 6.45) is 3.78. The highest BCUT2D eigenvalue weighted by Gasteiger charge is 2.46. The van der Waals surface area contributed by atoms with Gasteiger partial charge in [-0.15, -0.1) is 11.3 Å². The first-order valence-electron chi connectivity index (χ1n) is 9.91. The molecule has 3 rings (SSSR count). The highest BCUT2D eigenvalue weighted by Crippen LogP contribution is 2.42. The maximum Gasteiger partial charge on any atom is 0.295 e. The van der Waals surface area contributed by atoms with E-state index in [1.54, 1.807) is 4.90 Å². The molecule has 1 aliphatic rings. The monoisotopic (exact) mass is 397 g/mol. The van der Waals surface area contributed by atoms with E-state index in [0.29, 0.717) is 12.1 Å². The number of aliphatic hydroxyl groups is 1. The molecule has 1 N–H and O–H groups in total. The fraction of sp³-hybridized carbons (Fsp3) is 0.391. The van der Waals surface area contributed by atoms with Crippen LogP contribution >= 0.6 is 11.3 Å². The van der Waals surface area contributed by atoms with Crippen LogP contribution in [-0.4, -0.2) is 28.2 Å². The number of benzene rings is 1. The van der Waals surface area contributed by atoms with Gasteiger partial charge in [0, 0.05) is 17.0 Å². The lowest BCUT2D eigenvalue weighted by atomic mass is 9.97. The van der Waals surface area contributed by atoms with Crippen LogP contribution in [0.15, 0.2) is 41.3 Å². The van der Waals surface area contributed by atoms with Gasteiger partial charge in [-0.3, -0.25) is 9.59 Å². The Bertz CT molecular complexity index is 895. The number of amides is 1. The van der Waals surface area contributed by atoms with Crippen molar-refractivity contribution in [3.8, 4) is 0 Å². The van der Waals surface area contributed by atoms with Crippen molar-refractivity contribution in [2.45, 2.75) is 52.5 Å². The van der Waals surface area contributed by atoms with Crippen molar-refractivity contribution in [3.05, 3.63) is 62.9 Å². The molecule has 1 amide bonds. The number of ketones is 1. The second-order valence-electron chi connectivity index (χ2n) is 7.22. The molecule has 0 aliphatic carbocycles. The Kier molecular flexibility index (Phi) is 6.35. The molecule has 1 saturated heterocycles. The predicted octanol–water partition coefficient (Wildman–Crippen LogP) is 5.23. The van der Waals surface area contributed by atoms with Gasteiger partial charge in [-0.1, -0.05) is 51.0 Å². The fourth-order valence-corrected chi connectivity index (χ4v) is 4.68. The fourth-order valence-electron chi connectivity index (χ4n) is 3.63. The maximum absolute atomic E-state index is 12.9. The number of aryl methyl sites for hydroxylation is 2. The van der Waals surface area contributed by atoms with Gasteiger partial charge in [0.15, 0.2) is 0 Å². The molecule has 1 aromatic heterocycles. The van der Waals surface area contributed by atoms with Crippen LogP contribution in [0.4, 0.5) is 0 Å². The molecule has 4 nitrogen and oxygen atoms in total. The highest BCUT2D eigenvalue weighted by atomic mass is 32.1. The molecule has 1 fully saturated rings. The summed E-state index contributed by atoms with van der Waals surface area (Å²) in [6.45, 7) is 6.67. The van der Waals surface area contributed by atoms with Gasteiger partial charge in [0.1, 0.15) is 5.76 Å². The van der Waals surface area contributed by atoms with Gasteiger partial charge >= 0.3 is 0 Å². The summed E-state index contributed by atoms with van der Waals surface area (Å²) in [5, 5.41) is 13.0. The minimum atomic E-state index is -0.591. The molecule has 0 spiro atoms. The third kappa shape index (κ3) is 3.76. The van der Waals surface area contributed by atoms with Crippen LogP contribution in [-0.2, 0) is 16.0 Å². The minimum absolute atomic E-state index is 0.0863. The standard InChI is InChI=1S/C23H27NO3S/c1-4-6-7-13-24-19(22-15(3)12-14-28-22)18(21(26)23(24)27)20(25)17-10-8-16(5-2)9-11-17/h8-12,14,19,25H,4-7,13H2,1-3H3/b20-18-. The molecule has 1 unspecified atom stereocenters. The van der Waals surface area contributed by atoms with Crippen LogP contribution in [0, 0.1) is 6.92 Å². The van der Waals surface area contributed by atoms with Crippen LogP contribution in [0.2, 0.25) is 0 Å². The average molecular weight is 398 g/mol. The number of carbonyl (C=O) groups is 2. The van der Waals surface area contributed by atoms with E-state index < -0.39 is 17.7 Å². The molecule has 1 aromatic carbocycles. The van der Waals surface area contributed by atoms with E-state index >= 15 is 0 Å². The minimum Gasteiger partial charge on any atom is -0.507 e. The van der Waals surface area contributed by atoms with E-state index in [4.69, 9.17) is 0 Å². The summed E-state index contributed by atoms with van der Waals surface area (Å²) >= 11 is 1.52. The number of nitrogens with zero attached hydrogens (tertiary/aromatic N) is 1. The zero-order chi connectivity index (χ0) is 20.3. The van der Waals surface area contributed by atoms with E-state index in [0.717, 1.165) is 41.7 Å². The molecular weight excluding hydrogens is 370 g/mol. The maximum atomic E-state index is 12.9. The third-order valence-corrected chi connectivity index (χ3v) is 6.40. The van der Waals surface area contributed by atoms with Crippen LogP contribution in [0.25, 0.3) is 5.76 Å². The summed E-state index contributed by atoms with van der Waals surface area (Å²) in [5.74, 6) is -1.19. The van der Waals surface area contributed by atoms with Gasteiger partial charge in [-0.25, -0.2) is 0 Å². The van der Waals surface area contributed by atoms with Gasteiger partial charge in [-0.05, 0) is 42.3 Å². The van der Waals surface area contributed by atoms with Crippen molar-refractivity contribution in [1.29, 1.82) is 0 Å². The predicted molar refractivity (Wildman–Crippen MR) is 113 cm³/mol. The van der Waals surface area contributed by atoms with Gasteiger partial charge < -0.3 is 10.0 Å². The number of Topliss-reactive ketones (excluding diaryl/α,β-unsaturated/α-hetero) is 1. The van der Waals surface area contributed by atoms with Gasteiger partial charge in [0.2, 0.25) is 0 Å². The Morgan fingerprint density at radius 1 is 1.11 bits per heavy atom. The SMILES string of the molecule is CCCCCN1C(=O)C(=O)/C(=C(\O)c2ccc(CC)cc2)C1c1sccc1C. The Morgan fingerprint density at radius 2 is 1.82 bits per heavy atom. The lowest BCUT2D eigenvalue weighted by molar-refractivity contribution is -0.139. The molecule has 148 valence electrons. The zero-order valence-electron chi connectivity index (χ0n) is 16.7. The van der Waals surface area contributed by atoms with Crippen molar-refractivity contribution >= 4 is 28.8 Å². The van der Waals surface area contributed by atoms with E-state index in [9.17, 15) is 14.7 Å². The number of rotatable bonds is 7. The molecule has 0 bridgehead atoms. The summed E-state index contributed by atoms with van der Waals surface area (Å²) in [6, 6.07) is 8.99. The molecule has 2 heterocycles. The van der Waals surface area contributed by atoms with Crippen molar-refractivity contribution < 1.29 is 14.7 Å². The zero-order valence-corrected chi connectivity index (χ0v) is 17.5. The average Bonchev–Trinajstić information content (AvgIpc) is 3.23. The Hall–Kier alpha value is -2.40. The Balaban J connectivity index is 2.09. The number of aliphatic hydroxyl groups excluding tert-OH is 1. The van der Waals surface area contributed by atoms with Crippen molar-refractivity contribution in [2.75, 3.05) is 6.54 Å². The second-order valence-corrected chi connectivity index (χ2v) is 8.17. The number of hydrogen-bond donors (Lipinski definition) is 1. The van der Waals surface area contributed by atoms with Crippen LogP contribution < -0.4 is 0 Å². The first-order valence-corrected chi connectivity index (χ1v) is 10.8. The number of carbonyl (C=O) groups excluding carboxylic acids is 2. The smallest absolute Gasteiger partial charge is 0.295 e. The molecular formula is C23H27NO3S. The van der Waals surface area contributed by atoms with E-state index in [1.165, 1.54) is 11.3 Å². The molecule has 0 saturated carbocycles. The molecule has 28 heavy (non-hydrogen) atoms. The molecule has 0 radical (unpaired) electrons. The normalized spacial score (nSPS) is 18.8. The summed E-state index contributed by atoms with van der Waals surface area (Å²) in [4.78, 5) is 28.3.